The van der Waals surface area contributed by atoms with E-state index in [-0.39, 0.29) is 6.03 Å². The molecule has 2 saturated carbocycles. The Kier molecular flexibility index (Phi) is 4.72. The minimum atomic E-state index is 0.142. The molecule has 2 heterocycles. The molecule has 2 amide bonds. The molecule has 6 heteroatoms. The van der Waals surface area contributed by atoms with Crippen LogP contribution in [0.4, 0.5) is 4.79 Å². The number of carbonyl (C=O) groups is 1. The molecule has 4 rings (SSSR count). The van der Waals surface area contributed by atoms with E-state index in [2.05, 4.69) is 20.1 Å². The van der Waals surface area contributed by atoms with E-state index in [9.17, 15) is 4.79 Å². The summed E-state index contributed by atoms with van der Waals surface area (Å²) >= 11 is 0. The molecule has 2 aliphatic carbocycles. The molecule has 1 unspecified atom stereocenters. The number of nitrogens with one attached hydrogen (secondary N) is 1. The zero-order valence-corrected chi connectivity index (χ0v) is 14.5. The number of likely N-dealkylation sites (tertiary alicyclic amines) is 1. The summed E-state index contributed by atoms with van der Waals surface area (Å²) < 4.78 is 2.22. The van der Waals surface area contributed by atoms with Gasteiger partial charge in [0.1, 0.15) is 12.2 Å². The van der Waals surface area contributed by atoms with E-state index in [1.165, 1.54) is 32.1 Å². The van der Waals surface area contributed by atoms with Crippen LogP contribution in [0, 0.1) is 11.8 Å². The minimum absolute atomic E-state index is 0.142. The van der Waals surface area contributed by atoms with Crippen LogP contribution >= 0.6 is 0 Å². The lowest BCUT2D eigenvalue weighted by atomic mass is 9.96. The van der Waals surface area contributed by atoms with Crippen molar-refractivity contribution in [2.75, 3.05) is 13.1 Å². The highest BCUT2D eigenvalue weighted by molar-refractivity contribution is 5.74. The van der Waals surface area contributed by atoms with E-state index in [0.29, 0.717) is 12.0 Å². The predicted octanol–water partition coefficient (Wildman–Crippen LogP) is 2.59. The van der Waals surface area contributed by atoms with Crippen molar-refractivity contribution < 1.29 is 4.79 Å². The molecule has 0 spiro atoms. The molecule has 1 saturated heterocycles. The Morgan fingerprint density at radius 1 is 1.12 bits per heavy atom. The third-order valence-corrected chi connectivity index (χ3v) is 5.82. The number of hydrogen-bond donors (Lipinski definition) is 1. The average Bonchev–Trinajstić information content (AvgIpc) is 3.11. The Labute approximate surface area is 144 Å². The van der Waals surface area contributed by atoms with Gasteiger partial charge >= 0.3 is 6.03 Å². The molecule has 1 atom stereocenters. The topological polar surface area (TPSA) is 63.1 Å². The van der Waals surface area contributed by atoms with Gasteiger partial charge in [0.25, 0.3) is 0 Å². The second-order valence-electron chi connectivity index (χ2n) is 7.93. The van der Waals surface area contributed by atoms with Gasteiger partial charge in [0.05, 0.1) is 0 Å². The van der Waals surface area contributed by atoms with Crippen LogP contribution in [0.5, 0.6) is 0 Å². The number of aromatic nitrogens is 3. The van der Waals surface area contributed by atoms with Crippen LogP contribution < -0.4 is 5.32 Å². The lowest BCUT2D eigenvalue weighted by Crippen LogP contribution is -2.44. The summed E-state index contributed by atoms with van der Waals surface area (Å²) in [6.45, 7) is 2.80. The van der Waals surface area contributed by atoms with Crippen molar-refractivity contribution in [3.63, 3.8) is 0 Å². The number of hydrogen-bond acceptors (Lipinski definition) is 3. The van der Waals surface area contributed by atoms with Crippen molar-refractivity contribution in [3.8, 4) is 0 Å². The van der Waals surface area contributed by atoms with Crippen molar-refractivity contribution in [1.29, 1.82) is 0 Å². The maximum atomic E-state index is 12.5. The molecule has 0 aromatic carbocycles. The van der Waals surface area contributed by atoms with E-state index < -0.39 is 0 Å². The minimum Gasteiger partial charge on any atom is -0.335 e. The maximum Gasteiger partial charge on any atom is 0.317 e. The second-order valence-corrected chi connectivity index (χ2v) is 7.93. The highest BCUT2D eigenvalue weighted by Gasteiger charge is 2.29. The quantitative estimate of drug-likeness (QED) is 0.902. The van der Waals surface area contributed by atoms with Gasteiger partial charge in [-0.25, -0.2) is 4.79 Å². The van der Waals surface area contributed by atoms with E-state index in [0.717, 1.165) is 57.1 Å². The Hall–Kier alpha value is -1.59. The molecule has 24 heavy (non-hydrogen) atoms. The predicted molar refractivity (Wildman–Crippen MR) is 91.5 cm³/mol. The number of amides is 2. The molecule has 1 aliphatic heterocycles. The fourth-order valence-corrected chi connectivity index (χ4v) is 4.12. The van der Waals surface area contributed by atoms with Crippen LogP contribution in [0.15, 0.2) is 6.33 Å². The van der Waals surface area contributed by atoms with Gasteiger partial charge in [-0.15, -0.1) is 10.2 Å². The first kappa shape index (κ1) is 15.9. The first-order valence-electron chi connectivity index (χ1n) is 9.70. The maximum absolute atomic E-state index is 12.5. The SMILES string of the molecule is O=C(NC1CCCCC1)N1CCC(Cc2nncn2CC2CC2)C1. The van der Waals surface area contributed by atoms with E-state index >= 15 is 0 Å². The largest absolute Gasteiger partial charge is 0.335 e. The molecule has 1 N–H and O–H groups in total. The molecule has 3 fully saturated rings. The van der Waals surface area contributed by atoms with E-state index in [1.807, 2.05) is 11.2 Å². The van der Waals surface area contributed by atoms with Crippen LogP contribution in [0.2, 0.25) is 0 Å². The van der Waals surface area contributed by atoms with Crippen molar-refractivity contribution in [2.45, 2.75) is 70.4 Å². The summed E-state index contributed by atoms with van der Waals surface area (Å²) in [5.74, 6) is 2.45. The van der Waals surface area contributed by atoms with Crippen molar-refractivity contribution in [1.82, 2.24) is 25.0 Å². The third-order valence-electron chi connectivity index (χ3n) is 5.82. The van der Waals surface area contributed by atoms with Gasteiger partial charge in [-0.3, -0.25) is 0 Å². The Bertz CT molecular complexity index is 562. The summed E-state index contributed by atoms with van der Waals surface area (Å²) in [4.78, 5) is 14.5. The number of carbonyl (C=O) groups excluding carboxylic acids is 1. The summed E-state index contributed by atoms with van der Waals surface area (Å²) in [5.41, 5.74) is 0. The molecule has 0 radical (unpaired) electrons. The average molecular weight is 331 g/mol. The monoisotopic (exact) mass is 331 g/mol. The summed E-state index contributed by atoms with van der Waals surface area (Å²) in [6, 6.07) is 0.538. The fourth-order valence-electron chi connectivity index (χ4n) is 4.12. The van der Waals surface area contributed by atoms with Gasteiger partial charge in [0, 0.05) is 32.1 Å². The van der Waals surface area contributed by atoms with Gasteiger partial charge in [0.15, 0.2) is 0 Å². The second kappa shape index (κ2) is 7.11. The van der Waals surface area contributed by atoms with Crippen LogP contribution in [0.1, 0.15) is 57.2 Å². The van der Waals surface area contributed by atoms with Crippen molar-refractivity contribution in [3.05, 3.63) is 12.2 Å². The molecule has 1 aromatic rings. The number of rotatable bonds is 5. The number of urea groups is 1. The molecule has 3 aliphatic rings. The summed E-state index contributed by atoms with van der Waals surface area (Å²) in [7, 11) is 0. The lowest BCUT2D eigenvalue weighted by Gasteiger charge is -2.26. The lowest BCUT2D eigenvalue weighted by molar-refractivity contribution is 0.198. The first-order chi connectivity index (χ1) is 11.8. The first-order valence-corrected chi connectivity index (χ1v) is 9.70. The standard InChI is InChI=1S/C18H29N5O/c24-18(20-16-4-2-1-3-5-16)22-9-8-15(12-22)10-17-21-19-13-23(17)11-14-6-7-14/h13-16H,1-12H2,(H,20,24). The highest BCUT2D eigenvalue weighted by atomic mass is 16.2. The van der Waals surface area contributed by atoms with E-state index in [1.54, 1.807) is 0 Å². The van der Waals surface area contributed by atoms with Gasteiger partial charge in [-0.1, -0.05) is 19.3 Å². The van der Waals surface area contributed by atoms with Gasteiger partial charge in [-0.2, -0.15) is 0 Å². The van der Waals surface area contributed by atoms with Gasteiger partial charge in [-0.05, 0) is 43.9 Å². The summed E-state index contributed by atoms with van der Waals surface area (Å²) in [6.07, 6.45) is 12.7. The fraction of sp³-hybridized carbons (Fsp3) is 0.833. The third kappa shape index (κ3) is 3.90. The van der Waals surface area contributed by atoms with Crippen LogP contribution in [0.3, 0.4) is 0 Å². The van der Waals surface area contributed by atoms with Crippen LogP contribution in [-0.4, -0.2) is 44.8 Å². The van der Waals surface area contributed by atoms with Gasteiger partial charge in [0.2, 0.25) is 0 Å². The molecular formula is C18H29N5O. The summed E-state index contributed by atoms with van der Waals surface area (Å²) in [5, 5.41) is 11.7. The van der Waals surface area contributed by atoms with Crippen LogP contribution in [0.25, 0.3) is 0 Å². The Morgan fingerprint density at radius 2 is 1.96 bits per heavy atom. The van der Waals surface area contributed by atoms with E-state index in [4.69, 9.17) is 0 Å². The zero-order valence-electron chi connectivity index (χ0n) is 14.5. The molecule has 6 nitrogen and oxygen atoms in total. The van der Waals surface area contributed by atoms with Crippen LogP contribution in [-0.2, 0) is 13.0 Å². The number of nitrogens with zero attached hydrogens (tertiary/aromatic N) is 4. The normalized spacial score (nSPS) is 25.2. The van der Waals surface area contributed by atoms with Gasteiger partial charge < -0.3 is 14.8 Å². The zero-order chi connectivity index (χ0) is 16.4. The Balaban J connectivity index is 1.26. The van der Waals surface area contributed by atoms with Crippen molar-refractivity contribution in [2.24, 2.45) is 11.8 Å². The molecule has 132 valence electrons. The smallest absolute Gasteiger partial charge is 0.317 e. The highest BCUT2D eigenvalue weighted by Crippen LogP contribution is 2.31. The molecular weight excluding hydrogens is 302 g/mol. The Morgan fingerprint density at radius 3 is 2.75 bits per heavy atom. The van der Waals surface area contributed by atoms with Crippen molar-refractivity contribution >= 4 is 6.03 Å². The molecule has 1 aromatic heterocycles. The molecule has 0 bridgehead atoms.